The average Bonchev–Trinajstić information content (AvgIpc) is 2.41. The fraction of sp³-hybridized carbons (Fsp3) is 0.200. The zero-order valence-corrected chi connectivity index (χ0v) is 11.8. The van der Waals surface area contributed by atoms with Crippen molar-refractivity contribution in [3.05, 3.63) is 69.9 Å². The van der Waals surface area contributed by atoms with Crippen LogP contribution in [0, 0.1) is 5.82 Å². The lowest BCUT2D eigenvalue weighted by atomic mass is 9.89. The van der Waals surface area contributed by atoms with Gasteiger partial charge in [-0.05, 0) is 29.3 Å². The summed E-state index contributed by atoms with van der Waals surface area (Å²) in [6.07, 6.45) is -0.834. The highest BCUT2D eigenvalue weighted by Gasteiger charge is 2.23. The highest BCUT2D eigenvalue weighted by Crippen LogP contribution is 2.34. The summed E-state index contributed by atoms with van der Waals surface area (Å²) < 4.78 is 14.1. The van der Waals surface area contributed by atoms with Crippen molar-refractivity contribution in [1.29, 1.82) is 0 Å². The molecule has 2 unspecified atom stereocenters. The summed E-state index contributed by atoms with van der Waals surface area (Å²) in [5.74, 6) is -0.642. The number of hydrogen-bond donors (Lipinski definition) is 2. The quantitative estimate of drug-likeness (QED) is 0.906. The van der Waals surface area contributed by atoms with E-state index < -0.39 is 6.10 Å². The summed E-state index contributed by atoms with van der Waals surface area (Å²) in [5, 5.41) is 10.4. The van der Waals surface area contributed by atoms with Crippen LogP contribution in [-0.2, 0) is 0 Å². The summed E-state index contributed by atoms with van der Waals surface area (Å²) >= 11 is 3.45. The highest BCUT2D eigenvalue weighted by molar-refractivity contribution is 9.10. The number of rotatable bonds is 4. The second-order valence-electron chi connectivity index (χ2n) is 4.36. The standard InChI is InChI=1S/C15H15BrFNO/c16-14-7-2-1-6-12(14)13(9-18)15(19)10-4-3-5-11(17)8-10/h1-8,13,15,19H,9,18H2. The first kappa shape index (κ1) is 14.2. The van der Waals surface area contributed by atoms with Crippen LogP contribution in [0.25, 0.3) is 0 Å². The molecule has 0 aromatic heterocycles. The maximum absolute atomic E-state index is 13.2. The highest BCUT2D eigenvalue weighted by atomic mass is 79.9. The van der Waals surface area contributed by atoms with Gasteiger partial charge < -0.3 is 10.8 Å². The van der Waals surface area contributed by atoms with Crippen molar-refractivity contribution < 1.29 is 9.50 Å². The third kappa shape index (κ3) is 3.21. The molecule has 0 aliphatic heterocycles. The molecule has 2 aromatic carbocycles. The lowest BCUT2D eigenvalue weighted by molar-refractivity contribution is 0.147. The molecule has 3 N–H and O–H groups in total. The van der Waals surface area contributed by atoms with Crippen molar-refractivity contribution in [2.24, 2.45) is 5.73 Å². The van der Waals surface area contributed by atoms with Crippen LogP contribution in [-0.4, -0.2) is 11.7 Å². The van der Waals surface area contributed by atoms with E-state index in [1.165, 1.54) is 12.1 Å². The first-order chi connectivity index (χ1) is 9.13. The molecule has 2 aromatic rings. The molecule has 0 saturated carbocycles. The fourth-order valence-corrected chi connectivity index (χ4v) is 2.70. The van der Waals surface area contributed by atoms with Gasteiger partial charge in [-0.15, -0.1) is 0 Å². The van der Waals surface area contributed by atoms with Crippen molar-refractivity contribution in [2.45, 2.75) is 12.0 Å². The van der Waals surface area contributed by atoms with Gasteiger partial charge in [-0.25, -0.2) is 4.39 Å². The Morgan fingerprint density at radius 2 is 1.89 bits per heavy atom. The molecule has 2 atom stereocenters. The van der Waals surface area contributed by atoms with Gasteiger partial charge in [0.25, 0.3) is 0 Å². The largest absolute Gasteiger partial charge is 0.388 e. The molecule has 100 valence electrons. The van der Waals surface area contributed by atoms with Gasteiger partial charge in [-0.2, -0.15) is 0 Å². The van der Waals surface area contributed by atoms with E-state index in [9.17, 15) is 9.50 Å². The van der Waals surface area contributed by atoms with Gasteiger partial charge >= 0.3 is 0 Å². The molecular weight excluding hydrogens is 309 g/mol. The van der Waals surface area contributed by atoms with Crippen molar-refractivity contribution >= 4 is 15.9 Å². The first-order valence-corrected chi connectivity index (χ1v) is 6.81. The fourth-order valence-electron chi connectivity index (χ4n) is 2.12. The molecule has 0 heterocycles. The predicted octanol–water partition coefficient (Wildman–Crippen LogP) is 3.36. The van der Waals surface area contributed by atoms with Crippen LogP contribution in [0.4, 0.5) is 4.39 Å². The van der Waals surface area contributed by atoms with E-state index in [0.717, 1.165) is 10.0 Å². The smallest absolute Gasteiger partial charge is 0.123 e. The summed E-state index contributed by atoms with van der Waals surface area (Å²) in [6, 6.07) is 13.6. The van der Waals surface area contributed by atoms with E-state index in [2.05, 4.69) is 15.9 Å². The van der Waals surface area contributed by atoms with Gasteiger partial charge in [-0.3, -0.25) is 0 Å². The van der Waals surface area contributed by atoms with Crippen LogP contribution in [0.1, 0.15) is 23.1 Å². The minimum Gasteiger partial charge on any atom is -0.388 e. The van der Waals surface area contributed by atoms with Crippen LogP contribution >= 0.6 is 15.9 Å². The number of nitrogens with two attached hydrogens (primary N) is 1. The van der Waals surface area contributed by atoms with E-state index in [-0.39, 0.29) is 18.3 Å². The zero-order chi connectivity index (χ0) is 13.8. The number of halogens is 2. The van der Waals surface area contributed by atoms with Gasteiger partial charge in [0, 0.05) is 16.9 Å². The summed E-state index contributed by atoms with van der Waals surface area (Å²) in [7, 11) is 0. The molecule has 0 spiro atoms. The number of aliphatic hydroxyl groups excluding tert-OH is 1. The third-order valence-corrected chi connectivity index (χ3v) is 3.85. The monoisotopic (exact) mass is 323 g/mol. The Hall–Kier alpha value is -1.23. The van der Waals surface area contributed by atoms with E-state index in [4.69, 9.17) is 5.73 Å². The normalized spacial score (nSPS) is 14.1. The minimum atomic E-state index is -0.834. The maximum atomic E-state index is 13.2. The van der Waals surface area contributed by atoms with Crippen molar-refractivity contribution in [3.63, 3.8) is 0 Å². The van der Waals surface area contributed by atoms with E-state index >= 15 is 0 Å². The molecule has 0 fully saturated rings. The van der Waals surface area contributed by atoms with Gasteiger partial charge in [-0.1, -0.05) is 46.3 Å². The van der Waals surface area contributed by atoms with Crippen LogP contribution in [0.3, 0.4) is 0 Å². The molecule has 0 amide bonds. The molecule has 19 heavy (non-hydrogen) atoms. The third-order valence-electron chi connectivity index (χ3n) is 3.13. The Kier molecular flexibility index (Phi) is 4.69. The van der Waals surface area contributed by atoms with Crippen LogP contribution in [0.5, 0.6) is 0 Å². The molecule has 0 radical (unpaired) electrons. The predicted molar refractivity (Wildman–Crippen MR) is 77.3 cm³/mol. The Labute approximate surface area is 120 Å². The van der Waals surface area contributed by atoms with Gasteiger partial charge in [0.2, 0.25) is 0 Å². The summed E-state index contributed by atoms with van der Waals surface area (Å²) in [5.41, 5.74) is 7.23. The Bertz CT molecular complexity index is 561. The zero-order valence-electron chi connectivity index (χ0n) is 10.3. The van der Waals surface area contributed by atoms with E-state index in [0.29, 0.717) is 5.56 Å². The number of hydrogen-bond acceptors (Lipinski definition) is 2. The maximum Gasteiger partial charge on any atom is 0.123 e. The molecule has 2 rings (SSSR count). The molecule has 4 heteroatoms. The Morgan fingerprint density at radius 3 is 2.53 bits per heavy atom. The molecule has 2 nitrogen and oxygen atoms in total. The minimum absolute atomic E-state index is 0.278. The summed E-state index contributed by atoms with van der Waals surface area (Å²) in [4.78, 5) is 0. The van der Waals surface area contributed by atoms with Crippen molar-refractivity contribution in [2.75, 3.05) is 6.54 Å². The Morgan fingerprint density at radius 1 is 1.16 bits per heavy atom. The van der Waals surface area contributed by atoms with E-state index in [1.807, 2.05) is 24.3 Å². The molecular formula is C15H15BrFNO. The number of benzene rings is 2. The van der Waals surface area contributed by atoms with Crippen molar-refractivity contribution in [3.8, 4) is 0 Å². The van der Waals surface area contributed by atoms with Gasteiger partial charge in [0.1, 0.15) is 5.82 Å². The molecule has 0 aliphatic carbocycles. The van der Waals surface area contributed by atoms with Crippen LogP contribution in [0.2, 0.25) is 0 Å². The van der Waals surface area contributed by atoms with Gasteiger partial charge in [0.05, 0.1) is 6.10 Å². The van der Waals surface area contributed by atoms with Crippen molar-refractivity contribution in [1.82, 2.24) is 0 Å². The lowest BCUT2D eigenvalue weighted by Gasteiger charge is -2.23. The van der Waals surface area contributed by atoms with Gasteiger partial charge in [0.15, 0.2) is 0 Å². The second kappa shape index (κ2) is 6.28. The lowest BCUT2D eigenvalue weighted by Crippen LogP contribution is -2.20. The molecule has 0 aliphatic rings. The van der Waals surface area contributed by atoms with E-state index in [1.54, 1.807) is 12.1 Å². The SMILES string of the molecule is NCC(c1ccccc1Br)C(O)c1cccc(F)c1. The Balaban J connectivity index is 2.35. The summed E-state index contributed by atoms with van der Waals surface area (Å²) in [6.45, 7) is 0.278. The molecule has 0 saturated heterocycles. The second-order valence-corrected chi connectivity index (χ2v) is 5.22. The topological polar surface area (TPSA) is 46.2 Å². The first-order valence-electron chi connectivity index (χ1n) is 6.01. The van der Waals surface area contributed by atoms with Crippen LogP contribution in [0.15, 0.2) is 53.0 Å². The number of aliphatic hydroxyl groups is 1. The molecule has 0 bridgehead atoms. The average molecular weight is 324 g/mol. The van der Waals surface area contributed by atoms with Crippen LogP contribution < -0.4 is 5.73 Å².